The van der Waals surface area contributed by atoms with Crippen molar-refractivity contribution in [2.24, 2.45) is 5.92 Å². The van der Waals surface area contributed by atoms with Gasteiger partial charge >= 0.3 is 12.0 Å². The Morgan fingerprint density at radius 3 is 2.87 bits per heavy atom. The van der Waals surface area contributed by atoms with Gasteiger partial charge in [0.2, 0.25) is 0 Å². The molecule has 1 saturated heterocycles. The number of aliphatic carboxylic acids is 1. The average molecular weight is 317 g/mol. The van der Waals surface area contributed by atoms with E-state index in [9.17, 15) is 9.59 Å². The number of anilines is 1. The first-order valence-corrected chi connectivity index (χ1v) is 8.23. The summed E-state index contributed by atoms with van der Waals surface area (Å²) < 4.78 is 0. The van der Waals surface area contributed by atoms with E-state index in [0.29, 0.717) is 26.1 Å². The third-order valence-corrected chi connectivity index (χ3v) is 4.69. The van der Waals surface area contributed by atoms with Crippen LogP contribution in [0.5, 0.6) is 0 Å². The number of fused-ring (bicyclic) bond motifs is 1. The maximum Gasteiger partial charge on any atom is 0.317 e. The monoisotopic (exact) mass is 317 g/mol. The minimum atomic E-state index is -0.812. The number of benzene rings is 1. The second-order valence-corrected chi connectivity index (χ2v) is 6.22. The average Bonchev–Trinajstić information content (AvgIpc) is 3.19. The van der Waals surface area contributed by atoms with Gasteiger partial charge in [0.1, 0.15) is 0 Å². The summed E-state index contributed by atoms with van der Waals surface area (Å²) in [6, 6.07) is 8.31. The first kappa shape index (κ1) is 15.6. The Balaban J connectivity index is 1.38. The maximum absolute atomic E-state index is 12.0. The molecular weight excluding hydrogens is 294 g/mol. The van der Waals surface area contributed by atoms with Crippen LogP contribution in [-0.4, -0.2) is 54.7 Å². The topological polar surface area (TPSA) is 72.9 Å². The Bertz CT molecular complexity index is 590. The van der Waals surface area contributed by atoms with E-state index in [-0.39, 0.29) is 6.03 Å². The lowest BCUT2D eigenvalue weighted by Crippen LogP contribution is -2.40. The van der Waals surface area contributed by atoms with E-state index in [2.05, 4.69) is 34.5 Å². The molecule has 1 atom stereocenters. The SMILES string of the molecule is O=C(O)C1CCN(C(=O)NCCCN2CCc3ccccc32)C1. The number of hydrogen-bond acceptors (Lipinski definition) is 3. The summed E-state index contributed by atoms with van der Waals surface area (Å²) >= 11 is 0. The van der Waals surface area contributed by atoms with Crippen molar-refractivity contribution in [2.75, 3.05) is 37.6 Å². The van der Waals surface area contributed by atoms with Crippen LogP contribution in [0.1, 0.15) is 18.4 Å². The molecule has 2 heterocycles. The number of amides is 2. The van der Waals surface area contributed by atoms with E-state index >= 15 is 0 Å². The van der Waals surface area contributed by atoms with Crippen molar-refractivity contribution >= 4 is 17.7 Å². The number of carbonyl (C=O) groups is 2. The number of carboxylic acids is 1. The Labute approximate surface area is 136 Å². The van der Waals surface area contributed by atoms with Crippen molar-refractivity contribution in [3.63, 3.8) is 0 Å². The number of rotatable bonds is 5. The summed E-state index contributed by atoms with van der Waals surface area (Å²) in [5.74, 6) is -1.23. The van der Waals surface area contributed by atoms with Gasteiger partial charge in [0, 0.05) is 38.4 Å². The molecule has 1 fully saturated rings. The van der Waals surface area contributed by atoms with Crippen molar-refractivity contribution in [1.82, 2.24) is 10.2 Å². The molecule has 3 rings (SSSR count). The lowest BCUT2D eigenvalue weighted by atomic mass is 10.1. The smallest absolute Gasteiger partial charge is 0.317 e. The number of likely N-dealkylation sites (tertiary alicyclic amines) is 1. The van der Waals surface area contributed by atoms with Gasteiger partial charge in [-0.15, -0.1) is 0 Å². The van der Waals surface area contributed by atoms with Crippen LogP contribution in [0.25, 0.3) is 0 Å². The van der Waals surface area contributed by atoms with E-state index < -0.39 is 11.9 Å². The number of para-hydroxylation sites is 1. The fourth-order valence-corrected chi connectivity index (χ4v) is 3.36. The van der Waals surface area contributed by atoms with Crippen molar-refractivity contribution in [3.05, 3.63) is 29.8 Å². The van der Waals surface area contributed by atoms with Crippen LogP contribution in [0.3, 0.4) is 0 Å². The molecule has 0 aliphatic carbocycles. The van der Waals surface area contributed by atoms with E-state index in [1.807, 2.05) is 0 Å². The van der Waals surface area contributed by atoms with E-state index in [0.717, 1.165) is 25.9 Å². The third-order valence-electron chi connectivity index (χ3n) is 4.69. The number of carboxylic acid groups (broad SMARTS) is 1. The minimum absolute atomic E-state index is 0.143. The number of nitrogens with zero attached hydrogens (tertiary/aromatic N) is 2. The van der Waals surface area contributed by atoms with Gasteiger partial charge in [0.25, 0.3) is 0 Å². The van der Waals surface area contributed by atoms with Gasteiger partial charge < -0.3 is 20.2 Å². The molecule has 2 N–H and O–H groups in total. The molecule has 2 amide bonds. The second kappa shape index (κ2) is 6.89. The van der Waals surface area contributed by atoms with Gasteiger partial charge in [0.15, 0.2) is 0 Å². The summed E-state index contributed by atoms with van der Waals surface area (Å²) in [5.41, 5.74) is 2.70. The Morgan fingerprint density at radius 2 is 2.09 bits per heavy atom. The van der Waals surface area contributed by atoms with E-state index in [4.69, 9.17) is 5.11 Å². The quantitative estimate of drug-likeness (QED) is 0.808. The predicted molar refractivity (Wildman–Crippen MR) is 87.7 cm³/mol. The van der Waals surface area contributed by atoms with Crippen molar-refractivity contribution < 1.29 is 14.7 Å². The minimum Gasteiger partial charge on any atom is -0.481 e. The first-order chi connectivity index (χ1) is 11.1. The molecule has 6 nitrogen and oxygen atoms in total. The first-order valence-electron chi connectivity index (χ1n) is 8.23. The molecule has 1 unspecified atom stereocenters. The molecule has 0 saturated carbocycles. The molecule has 23 heavy (non-hydrogen) atoms. The van der Waals surface area contributed by atoms with Crippen LogP contribution in [0.4, 0.5) is 10.5 Å². The van der Waals surface area contributed by atoms with Gasteiger partial charge in [-0.2, -0.15) is 0 Å². The summed E-state index contributed by atoms with van der Waals surface area (Å²) in [5, 5.41) is 11.9. The van der Waals surface area contributed by atoms with Gasteiger partial charge in [0.05, 0.1) is 5.92 Å². The molecule has 2 aliphatic heterocycles. The highest BCUT2D eigenvalue weighted by atomic mass is 16.4. The number of nitrogens with one attached hydrogen (secondary N) is 1. The normalized spacial score (nSPS) is 19.7. The second-order valence-electron chi connectivity index (χ2n) is 6.22. The van der Waals surface area contributed by atoms with Crippen LogP contribution in [0, 0.1) is 5.92 Å². The zero-order valence-corrected chi connectivity index (χ0v) is 13.2. The fourth-order valence-electron chi connectivity index (χ4n) is 3.36. The Kier molecular flexibility index (Phi) is 4.69. The maximum atomic E-state index is 12.0. The van der Waals surface area contributed by atoms with Gasteiger partial charge in [-0.3, -0.25) is 4.79 Å². The largest absolute Gasteiger partial charge is 0.481 e. The Morgan fingerprint density at radius 1 is 1.26 bits per heavy atom. The number of hydrogen-bond donors (Lipinski definition) is 2. The van der Waals surface area contributed by atoms with Crippen LogP contribution in [-0.2, 0) is 11.2 Å². The summed E-state index contributed by atoms with van der Waals surface area (Å²) in [4.78, 5) is 26.9. The van der Waals surface area contributed by atoms with Crippen LogP contribution < -0.4 is 10.2 Å². The standard InChI is InChI=1S/C17H23N3O3/c21-16(22)14-7-11-20(12-14)17(23)18-8-3-9-19-10-6-13-4-1-2-5-15(13)19/h1-2,4-5,14H,3,6-12H2,(H,18,23)(H,21,22). The predicted octanol–water partition coefficient (Wildman–Crippen LogP) is 1.56. The van der Waals surface area contributed by atoms with Gasteiger partial charge in [-0.25, -0.2) is 4.79 Å². The molecule has 0 radical (unpaired) electrons. The highest BCUT2D eigenvalue weighted by Gasteiger charge is 2.30. The zero-order valence-electron chi connectivity index (χ0n) is 13.2. The number of carbonyl (C=O) groups excluding carboxylic acids is 1. The van der Waals surface area contributed by atoms with Crippen LogP contribution in [0.15, 0.2) is 24.3 Å². The molecule has 0 bridgehead atoms. The van der Waals surface area contributed by atoms with E-state index in [1.54, 1.807) is 4.90 Å². The number of urea groups is 1. The van der Waals surface area contributed by atoms with Crippen LogP contribution >= 0.6 is 0 Å². The fraction of sp³-hybridized carbons (Fsp3) is 0.529. The molecule has 124 valence electrons. The molecule has 2 aliphatic rings. The van der Waals surface area contributed by atoms with Crippen molar-refractivity contribution in [1.29, 1.82) is 0 Å². The summed E-state index contributed by atoms with van der Waals surface area (Å²) in [7, 11) is 0. The molecule has 1 aromatic rings. The third kappa shape index (κ3) is 3.57. The zero-order chi connectivity index (χ0) is 16.2. The highest BCUT2D eigenvalue weighted by Crippen LogP contribution is 2.27. The van der Waals surface area contributed by atoms with Crippen molar-refractivity contribution in [3.8, 4) is 0 Å². The molecule has 6 heteroatoms. The highest BCUT2D eigenvalue weighted by molar-refractivity contribution is 5.77. The molecular formula is C17H23N3O3. The molecule has 0 spiro atoms. The van der Waals surface area contributed by atoms with Gasteiger partial charge in [-0.05, 0) is 30.9 Å². The van der Waals surface area contributed by atoms with Gasteiger partial charge in [-0.1, -0.05) is 18.2 Å². The lowest BCUT2D eigenvalue weighted by molar-refractivity contribution is -0.141. The van der Waals surface area contributed by atoms with Crippen molar-refractivity contribution in [2.45, 2.75) is 19.3 Å². The summed E-state index contributed by atoms with van der Waals surface area (Å²) in [6.45, 7) is 3.43. The summed E-state index contributed by atoms with van der Waals surface area (Å²) in [6.07, 6.45) is 2.52. The van der Waals surface area contributed by atoms with Crippen LogP contribution in [0.2, 0.25) is 0 Å². The molecule has 0 aromatic heterocycles. The Hall–Kier alpha value is -2.24. The lowest BCUT2D eigenvalue weighted by Gasteiger charge is -2.20. The molecule has 1 aromatic carbocycles. The van der Waals surface area contributed by atoms with E-state index in [1.165, 1.54) is 11.3 Å².